The second-order valence-corrected chi connectivity index (χ2v) is 7.74. The largest absolute Gasteiger partial charge is 0.309 e. The third-order valence-electron chi connectivity index (χ3n) is 3.26. The van der Waals surface area contributed by atoms with E-state index in [0.717, 1.165) is 11.8 Å². The van der Waals surface area contributed by atoms with Crippen LogP contribution in [0, 0.1) is 0 Å². The molecule has 0 fully saturated rings. The molecule has 0 saturated heterocycles. The van der Waals surface area contributed by atoms with E-state index in [9.17, 15) is 9.59 Å². The van der Waals surface area contributed by atoms with Crippen molar-refractivity contribution in [1.82, 2.24) is 14.5 Å². The number of hydrogen-bond acceptors (Lipinski definition) is 6. The van der Waals surface area contributed by atoms with Gasteiger partial charge in [0.15, 0.2) is 11.0 Å². The van der Waals surface area contributed by atoms with Crippen molar-refractivity contribution >= 4 is 68.2 Å². The van der Waals surface area contributed by atoms with Gasteiger partial charge in [0.2, 0.25) is 5.91 Å². The number of carbonyl (C=O) groups is 1. The normalized spacial score (nSPS) is 10.8. The van der Waals surface area contributed by atoms with Crippen molar-refractivity contribution in [2.75, 3.05) is 11.1 Å². The summed E-state index contributed by atoms with van der Waals surface area (Å²) in [6.07, 6.45) is 3.01. The Balaban J connectivity index is 1.78. The van der Waals surface area contributed by atoms with Crippen LogP contribution in [-0.4, -0.2) is 26.2 Å². The first-order valence-corrected chi connectivity index (χ1v) is 9.94. The molecule has 0 aromatic carbocycles. The molecule has 1 N–H and O–H groups in total. The van der Waals surface area contributed by atoms with Crippen LogP contribution in [0.5, 0.6) is 0 Å². The first-order valence-electron chi connectivity index (χ1n) is 7.32. The van der Waals surface area contributed by atoms with Crippen molar-refractivity contribution in [3.8, 4) is 0 Å². The molecule has 3 aromatic heterocycles. The summed E-state index contributed by atoms with van der Waals surface area (Å²) in [5.74, 6) is -0.0506. The second-order valence-electron chi connectivity index (χ2n) is 5.06. The molecule has 0 aliphatic rings. The zero-order chi connectivity index (χ0) is 18.7. The van der Waals surface area contributed by atoms with Gasteiger partial charge in [-0.3, -0.25) is 14.2 Å². The number of thioether (sulfide) groups is 1. The van der Waals surface area contributed by atoms with Gasteiger partial charge >= 0.3 is 0 Å². The average molecular weight is 427 g/mol. The van der Waals surface area contributed by atoms with Crippen LogP contribution in [0.1, 0.15) is 0 Å². The summed E-state index contributed by atoms with van der Waals surface area (Å²) in [7, 11) is 0. The lowest BCUT2D eigenvalue weighted by molar-refractivity contribution is -0.113. The van der Waals surface area contributed by atoms with E-state index in [1.165, 1.54) is 28.2 Å². The number of halogens is 2. The predicted molar refractivity (Wildman–Crippen MR) is 108 cm³/mol. The Morgan fingerprint density at radius 2 is 2.27 bits per heavy atom. The molecular weight excluding hydrogens is 415 g/mol. The topological polar surface area (TPSA) is 76.9 Å². The van der Waals surface area contributed by atoms with Gasteiger partial charge in [0.1, 0.15) is 4.83 Å². The van der Waals surface area contributed by atoms with Gasteiger partial charge in [-0.05, 0) is 17.5 Å². The number of pyridine rings is 1. The van der Waals surface area contributed by atoms with E-state index in [0.29, 0.717) is 26.9 Å². The summed E-state index contributed by atoms with van der Waals surface area (Å²) >= 11 is 14.3. The molecule has 3 aromatic rings. The number of anilines is 1. The number of carbonyl (C=O) groups excluding carboxylic acids is 1. The van der Waals surface area contributed by atoms with Crippen LogP contribution in [0.15, 0.2) is 46.3 Å². The minimum absolute atomic E-state index is 0.0428. The van der Waals surface area contributed by atoms with Crippen LogP contribution in [0.25, 0.3) is 10.2 Å². The smallest absolute Gasteiger partial charge is 0.263 e. The maximum Gasteiger partial charge on any atom is 0.263 e. The average Bonchev–Trinajstić information content (AvgIpc) is 3.07. The van der Waals surface area contributed by atoms with E-state index in [4.69, 9.17) is 23.2 Å². The van der Waals surface area contributed by atoms with Gasteiger partial charge in [-0.25, -0.2) is 9.97 Å². The summed E-state index contributed by atoms with van der Waals surface area (Å²) in [4.78, 5) is 33.8. The maximum absolute atomic E-state index is 12.5. The Morgan fingerprint density at radius 3 is 3.00 bits per heavy atom. The van der Waals surface area contributed by atoms with E-state index in [2.05, 4.69) is 21.9 Å². The number of aromatic nitrogens is 3. The first-order chi connectivity index (χ1) is 12.5. The fourth-order valence-corrected chi connectivity index (χ4v) is 4.18. The van der Waals surface area contributed by atoms with Crippen LogP contribution in [0.4, 0.5) is 5.82 Å². The lowest BCUT2D eigenvalue weighted by Gasteiger charge is -2.10. The molecule has 0 bridgehead atoms. The Hall–Kier alpha value is -1.87. The van der Waals surface area contributed by atoms with Gasteiger partial charge in [-0.2, -0.15) is 0 Å². The second kappa shape index (κ2) is 8.22. The molecular formula is C16H12Cl2N4O2S2. The number of fused-ring (bicyclic) bond motifs is 1. The predicted octanol–water partition coefficient (Wildman–Crippen LogP) is 4.08. The van der Waals surface area contributed by atoms with Gasteiger partial charge in [0.05, 0.1) is 21.2 Å². The molecule has 0 radical (unpaired) electrons. The zero-order valence-electron chi connectivity index (χ0n) is 13.2. The third-order valence-corrected chi connectivity index (χ3v) is 5.54. The number of allylic oxidation sites excluding steroid dienone is 1. The van der Waals surface area contributed by atoms with E-state index < -0.39 is 0 Å². The Labute approximate surface area is 166 Å². The highest BCUT2D eigenvalue weighted by Crippen LogP contribution is 2.24. The molecule has 0 atom stereocenters. The van der Waals surface area contributed by atoms with E-state index in [-0.39, 0.29) is 28.1 Å². The fourth-order valence-electron chi connectivity index (χ4n) is 2.14. The van der Waals surface area contributed by atoms with Crippen molar-refractivity contribution in [3.63, 3.8) is 0 Å². The molecule has 10 heteroatoms. The number of rotatable bonds is 6. The van der Waals surface area contributed by atoms with Crippen molar-refractivity contribution in [1.29, 1.82) is 0 Å². The molecule has 0 unspecified atom stereocenters. The van der Waals surface area contributed by atoms with Crippen molar-refractivity contribution in [2.45, 2.75) is 11.7 Å². The van der Waals surface area contributed by atoms with Gasteiger partial charge < -0.3 is 5.32 Å². The number of hydrogen-bond donors (Lipinski definition) is 1. The lowest BCUT2D eigenvalue weighted by Crippen LogP contribution is -2.23. The van der Waals surface area contributed by atoms with Crippen molar-refractivity contribution in [2.24, 2.45) is 0 Å². The standard InChI is InChI=1S/C16H12Cl2N4O2S2/c1-2-4-22-15(24)10-3-5-25-14(10)21-16(22)26-8-12(23)20-13-11(18)6-9(17)7-19-13/h2-3,5-7H,1,4,8H2,(H,19,20,23). The highest BCUT2D eigenvalue weighted by molar-refractivity contribution is 7.99. The SMILES string of the molecule is C=CCn1c(SCC(=O)Nc2ncc(Cl)cc2Cl)nc2sccc2c1=O. The summed E-state index contributed by atoms with van der Waals surface area (Å²) in [6, 6.07) is 3.23. The van der Waals surface area contributed by atoms with Crippen LogP contribution < -0.4 is 10.9 Å². The summed E-state index contributed by atoms with van der Waals surface area (Å²) < 4.78 is 1.49. The van der Waals surface area contributed by atoms with E-state index in [1.54, 1.807) is 12.1 Å². The summed E-state index contributed by atoms with van der Waals surface area (Å²) in [5.41, 5.74) is -0.151. The van der Waals surface area contributed by atoms with E-state index in [1.807, 2.05) is 5.38 Å². The van der Waals surface area contributed by atoms with Crippen LogP contribution in [0.3, 0.4) is 0 Å². The Morgan fingerprint density at radius 1 is 1.46 bits per heavy atom. The Bertz CT molecular complexity index is 1050. The summed E-state index contributed by atoms with van der Waals surface area (Å²) in [6.45, 7) is 3.98. The Kier molecular flexibility index (Phi) is 5.98. The van der Waals surface area contributed by atoms with Crippen molar-refractivity contribution in [3.05, 3.63) is 56.8 Å². The summed E-state index contributed by atoms with van der Waals surface area (Å²) in [5, 5.41) is 6.06. The van der Waals surface area contributed by atoms with Crippen LogP contribution in [-0.2, 0) is 11.3 Å². The van der Waals surface area contributed by atoms with Gasteiger partial charge in [-0.15, -0.1) is 17.9 Å². The fraction of sp³-hybridized carbons (Fsp3) is 0.125. The molecule has 1 amide bonds. The molecule has 0 saturated carbocycles. The molecule has 3 heterocycles. The highest BCUT2D eigenvalue weighted by Gasteiger charge is 2.14. The highest BCUT2D eigenvalue weighted by atomic mass is 35.5. The van der Waals surface area contributed by atoms with Gasteiger partial charge in [-0.1, -0.05) is 41.0 Å². The molecule has 3 rings (SSSR count). The number of nitrogens with one attached hydrogen (secondary N) is 1. The molecule has 134 valence electrons. The lowest BCUT2D eigenvalue weighted by atomic mass is 10.4. The molecule has 26 heavy (non-hydrogen) atoms. The molecule has 0 aliphatic heterocycles. The molecule has 0 spiro atoms. The van der Waals surface area contributed by atoms with Gasteiger partial charge in [0, 0.05) is 12.7 Å². The van der Waals surface area contributed by atoms with Crippen LogP contribution in [0.2, 0.25) is 10.0 Å². The van der Waals surface area contributed by atoms with Crippen molar-refractivity contribution < 1.29 is 4.79 Å². The molecule has 6 nitrogen and oxygen atoms in total. The number of amides is 1. The monoisotopic (exact) mass is 426 g/mol. The first kappa shape index (κ1) is 18.9. The zero-order valence-corrected chi connectivity index (χ0v) is 16.4. The van der Waals surface area contributed by atoms with Gasteiger partial charge in [0.25, 0.3) is 5.56 Å². The maximum atomic E-state index is 12.5. The van der Waals surface area contributed by atoms with E-state index >= 15 is 0 Å². The molecule has 0 aliphatic carbocycles. The minimum Gasteiger partial charge on any atom is -0.309 e. The quantitative estimate of drug-likeness (QED) is 0.365. The minimum atomic E-state index is -0.322. The number of nitrogens with zero attached hydrogens (tertiary/aromatic N) is 3. The third kappa shape index (κ3) is 4.09. The van der Waals surface area contributed by atoms with Crippen LogP contribution >= 0.6 is 46.3 Å². The number of thiophene rings is 1.